The van der Waals surface area contributed by atoms with Crippen molar-refractivity contribution in [3.05, 3.63) is 35.1 Å². The number of benzene rings is 1. The van der Waals surface area contributed by atoms with Crippen LogP contribution in [-0.2, 0) is 11.3 Å². The number of hydrogen-bond acceptors (Lipinski definition) is 3. The topological polar surface area (TPSA) is 73.1 Å². The van der Waals surface area contributed by atoms with Gasteiger partial charge in [-0.3, -0.25) is 4.79 Å². The molecule has 1 rings (SSSR count). The highest BCUT2D eigenvalue weighted by molar-refractivity contribution is 5.73. The molecular weight excluding hydrogens is 235 g/mol. The SMILES string of the molecule is CCCC(NCc1cc(C#N)ccc1F)C(=O)O. The molecule has 0 aliphatic rings. The highest BCUT2D eigenvalue weighted by Crippen LogP contribution is 2.10. The molecule has 96 valence electrons. The molecule has 0 bridgehead atoms. The number of rotatable bonds is 6. The molecule has 0 aliphatic carbocycles. The first-order chi connectivity index (χ1) is 8.58. The van der Waals surface area contributed by atoms with E-state index in [0.29, 0.717) is 17.5 Å². The fraction of sp³-hybridized carbons (Fsp3) is 0.385. The standard InChI is InChI=1S/C13H15FN2O2/c1-2-3-12(13(17)18)16-8-10-6-9(7-15)4-5-11(10)14/h4-6,12,16H,2-3,8H2,1H3,(H,17,18). The largest absolute Gasteiger partial charge is 0.480 e. The molecule has 0 saturated heterocycles. The zero-order valence-electron chi connectivity index (χ0n) is 10.1. The second kappa shape index (κ2) is 6.72. The van der Waals surface area contributed by atoms with Crippen molar-refractivity contribution in [1.29, 1.82) is 5.26 Å². The molecule has 1 unspecified atom stereocenters. The fourth-order valence-electron chi connectivity index (χ4n) is 1.61. The van der Waals surface area contributed by atoms with E-state index in [2.05, 4.69) is 5.32 Å². The van der Waals surface area contributed by atoms with Crippen LogP contribution >= 0.6 is 0 Å². The van der Waals surface area contributed by atoms with Gasteiger partial charge in [0.1, 0.15) is 11.9 Å². The van der Waals surface area contributed by atoms with Gasteiger partial charge < -0.3 is 10.4 Å². The average molecular weight is 250 g/mol. The Morgan fingerprint density at radius 2 is 2.33 bits per heavy atom. The Balaban J connectivity index is 2.73. The van der Waals surface area contributed by atoms with Crippen molar-refractivity contribution >= 4 is 5.97 Å². The summed E-state index contributed by atoms with van der Waals surface area (Å²) in [5.74, 6) is -1.39. The van der Waals surface area contributed by atoms with Gasteiger partial charge in [-0.25, -0.2) is 4.39 Å². The molecular formula is C13H15FN2O2. The first-order valence-corrected chi connectivity index (χ1v) is 5.73. The monoisotopic (exact) mass is 250 g/mol. The Morgan fingerprint density at radius 3 is 2.89 bits per heavy atom. The molecule has 1 aromatic carbocycles. The van der Waals surface area contributed by atoms with Gasteiger partial charge in [-0.15, -0.1) is 0 Å². The van der Waals surface area contributed by atoms with Crippen LogP contribution in [0.5, 0.6) is 0 Å². The van der Waals surface area contributed by atoms with Gasteiger partial charge in [0.2, 0.25) is 0 Å². The van der Waals surface area contributed by atoms with E-state index in [4.69, 9.17) is 10.4 Å². The van der Waals surface area contributed by atoms with Gasteiger partial charge in [-0.1, -0.05) is 13.3 Å². The number of halogens is 1. The molecule has 0 radical (unpaired) electrons. The molecule has 0 fully saturated rings. The van der Waals surface area contributed by atoms with Gasteiger partial charge in [-0.05, 0) is 24.6 Å². The molecule has 5 heteroatoms. The molecule has 0 heterocycles. The molecule has 0 saturated carbocycles. The summed E-state index contributed by atoms with van der Waals surface area (Å²) in [6, 6.07) is 5.25. The zero-order chi connectivity index (χ0) is 13.5. The molecule has 0 aliphatic heterocycles. The summed E-state index contributed by atoms with van der Waals surface area (Å²) < 4.78 is 13.4. The van der Waals surface area contributed by atoms with Crippen LogP contribution in [0.3, 0.4) is 0 Å². The van der Waals surface area contributed by atoms with Gasteiger partial charge in [0, 0.05) is 12.1 Å². The van der Waals surface area contributed by atoms with Crippen LogP contribution < -0.4 is 5.32 Å². The summed E-state index contributed by atoms with van der Waals surface area (Å²) in [5.41, 5.74) is 0.659. The summed E-state index contributed by atoms with van der Waals surface area (Å²) in [4.78, 5) is 10.9. The summed E-state index contributed by atoms with van der Waals surface area (Å²) in [7, 11) is 0. The Labute approximate surface area is 105 Å². The van der Waals surface area contributed by atoms with Crippen molar-refractivity contribution in [2.24, 2.45) is 0 Å². The lowest BCUT2D eigenvalue weighted by Gasteiger charge is -2.13. The Hall–Kier alpha value is -1.93. The lowest BCUT2D eigenvalue weighted by molar-refractivity contribution is -0.139. The number of carbonyl (C=O) groups is 1. The third kappa shape index (κ3) is 3.82. The summed E-state index contributed by atoms with van der Waals surface area (Å²) in [5, 5.41) is 20.4. The second-order valence-corrected chi connectivity index (χ2v) is 3.98. The first-order valence-electron chi connectivity index (χ1n) is 5.73. The van der Waals surface area contributed by atoms with E-state index in [0.717, 1.165) is 6.42 Å². The van der Waals surface area contributed by atoms with E-state index in [-0.39, 0.29) is 6.54 Å². The number of nitrogens with zero attached hydrogens (tertiary/aromatic N) is 1. The van der Waals surface area contributed by atoms with Crippen LogP contribution in [0.2, 0.25) is 0 Å². The molecule has 0 amide bonds. The first kappa shape index (κ1) is 14.1. The predicted molar refractivity (Wildman–Crippen MR) is 64.3 cm³/mol. The van der Waals surface area contributed by atoms with E-state index in [1.165, 1.54) is 18.2 Å². The lowest BCUT2D eigenvalue weighted by atomic mass is 10.1. The number of carboxylic acids is 1. The van der Waals surface area contributed by atoms with Crippen molar-refractivity contribution in [3.8, 4) is 6.07 Å². The van der Waals surface area contributed by atoms with Crippen molar-refractivity contribution in [2.45, 2.75) is 32.4 Å². The number of carboxylic acid groups (broad SMARTS) is 1. The molecule has 1 aromatic rings. The van der Waals surface area contributed by atoms with E-state index in [9.17, 15) is 9.18 Å². The minimum Gasteiger partial charge on any atom is -0.480 e. The zero-order valence-corrected chi connectivity index (χ0v) is 10.1. The van der Waals surface area contributed by atoms with Gasteiger partial charge in [0.15, 0.2) is 0 Å². The Kier molecular flexibility index (Phi) is 5.28. The number of aliphatic carboxylic acids is 1. The maximum atomic E-state index is 13.4. The van der Waals surface area contributed by atoms with Gasteiger partial charge in [-0.2, -0.15) is 5.26 Å². The third-order valence-electron chi connectivity index (χ3n) is 2.59. The summed E-state index contributed by atoms with van der Waals surface area (Å²) in [6.07, 6.45) is 1.21. The van der Waals surface area contributed by atoms with E-state index in [1.807, 2.05) is 13.0 Å². The molecule has 0 spiro atoms. The number of hydrogen-bond donors (Lipinski definition) is 2. The Morgan fingerprint density at radius 1 is 1.61 bits per heavy atom. The third-order valence-corrected chi connectivity index (χ3v) is 2.59. The van der Waals surface area contributed by atoms with Crippen LogP contribution in [0, 0.1) is 17.1 Å². The van der Waals surface area contributed by atoms with Crippen LogP contribution in [-0.4, -0.2) is 17.1 Å². The molecule has 0 aromatic heterocycles. The van der Waals surface area contributed by atoms with Crippen LogP contribution in [0.4, 0.5) is 4.39 Å². The second-order valence-electron chi connectivity index (χ2n) is 3.98. The average Bonchev–Trinajstić information content (AvgIpc) is 2.35. The highest BCUT2D eigenvalue weighted by Gasteiger charge is 2.16. The maximum Gasteiger partial charge on any atom is 0.320 e. The predicted octanol–water partition coefficient (Wildman–Crippen LogP) is 2.04. The number of nitrogens with one attached hydrogen (secondary N) is 1. The smallest absolute Gasteiger partial charge is 0.320 e. The fourth-order valence-corrected chi connectivity index (χ4v) is 1.61. The van der Waals surface area contributed by atoms with E-state index < -0.39 is 17.8 Å². The van der Waals surface area contributed by atoms with Crippen LogP contribution in [0.25, 0.3) is 0 Å². The van der Waals surface area contributed by atoms with Crippen molar-refractivity contribution < 1.29 is 14.3 Å². The normalized spacial score (nSPS) is 11.8. The van der Waals surface area contributed by atoms with Crippen LogP contribution in [0.1, 0.15) is 30.9 Å². The Bertz CT molecular complexity index is 469. The molecule has 18 heavy (non-hydrogen) atoms. The van der Waals surface area contributed by atoms with Gasteiger partial charge in [0.25, 0.3) is 0 Å². The minimum atomic E-state index is -0.950. The van der Waals surface area contributed by atoms with Crippen molar-refractivity contribution in [2.75, 3.05) is 0 Å². The molecule has 4 nitrogen and oxygen atoms in total. The minimum absolute atomic E-state index is 0.0956. The van der Waals surface area contributed by atoms with Gasteiger partial charge in [0.05, 0.1) is 11.6 Å². The van der Waals surface area contributed by atoms with Crippen molar-refractivity contribution in [3.63, 3.8) is 0 Å². The van der Waals surface area contributed by atoms with Crippen molar-refractivity contribution in [1.82, 2.24) is 5.32 Å². The van der Waals surface area contributed by atoms with Gasteiger partial charge >= 0.3 is 5.97 Å². The quantitative estimate of drug-likeness (QED) is 0.810. The summed E-state index contributed by atoms with van der Waals surface area (Å²) in [6.45, 7) is 1.98. The summed E-state index contributed by atoms with van der Waals surface area (Å²) >= 11 is 0. The molecule has 2 N–H and O–H groups in total. The van der Waals surface area contributed by atoms with E-state index in [1.54, 1.807) is 0 Å². The highest BCUT2D eigenvalue weighted by atomic mass is 19.1. The lowest BCUT2D eigenvalue weighted by Crippen LogP contribution is -2.36. The van der Waals surface area contributed by atoms with E-state index >= 15 is 0 Å². The van der Waals surface area contributed by atoms with Crippen LogP contribution in [0.15, 0.2) is 18.2 Å². The molecule has 1 atom stereocenters. The maximum absolute atomic E-state index is 13.4. The number of nitriles is 1.